The fourth-order valence-corrected chi connectivity index (χ4v) is 3.04. The highest BCUT2D eigenvalue weighted by Crippen LogP contribution is 2.25. The topological polar surface area (TPSA) is 34.9 Å². The number of Topliss-reactive ketones (excluding diaryl/α,β-unsaturated/α-hetero) is 1. The molecule has 0 aliphatic rings. The van der Waals surface area contributed by atoms with Gasteiger partial charge in [-0.05, 0) is 34.5 Å². The van der Waals surface area contributed by atoms with Gasteiger partial charge in [0.15, 0.2) is 5.78 Å². The molecular weight excluding hydrogens is 347 g/mol. The Balaban J connectivity index is 2.36. The molecule has 1 heterocycles. The van der Waals surface area contributed by atoms with E-state index in [9.17, 15) is 9.18 Å². The lowest BCUT2D eigenvalue weighted by Gasteiger charge is -2.06. The molecule has 0 atom stereocenters. The molecule has 20 heavy (non-hydrogen) atoms. The zero-order valence-electron chi connectivity index (χ0n) is 11.1. The van der Waals surface area contributed by atoms with E-state index in [0.717, 1.165) is 16.6 Å². The number of hydrogen-bond donors (Lipinski definition) is 0. The maximum atomic E-state index is 13.7. The van der Waals surface area contributed by atoms with Crippen LogP contribution in [0.15, 0.2) is 22.7 Å². The Kier molecular flexibility index (Phi) is 4.60. The monoisotopic (exact) mass is 358 g/mol. The van der Waals surface area contributed by atoms with Crippen molar-refractivity contribution in [3.63, 3.8) is 0 Å². The van der Waals surface area contributed by atoms with Crippen molar-refractivity contribution < 1.29 is 9.18 Å². The van der Waals surface area contributed by atoms with Gasteiger partial charge in [0.2, 0.25) is 0 Å². The van der Waals surface area contributed by atoms with Gasteiger partial charge in [0.25, 0.3) is 0 Å². The van der Waals surface area contributed by atoms with Crippen molar-refractivity contribution in [2.24, 2.45) is 7.05 Å². The van der Waals surface area contributed by atoms with Gasteiger partial charge in [-0.25, -0.2) is 4.39 Å². The van der Waals surface area contributed by atoms with Crippen LogP contribution in [0.4, 0.5) is 4.39 Å². The quantitative estimate of drug-likeness (QED) is 0.774. The minimum Gasteiger partial charge on any atom is -0.294 e. The largest absolute Gasteiger partial charge is 0.294 e. The van der Waals surface area contributed by atoms with Crippen molar-refractivity contribution >= 4 is 33.3 Å². The van der Waals surface area contributed by atoms with E-state index in [-0.39, 0.29) is 22.8 Å². The molecule has 0 bridgehead atoms. The van der Waals surface area contributed by atoms with E-state index in [0.29, 0.717) is 5.69 Å². The molecule has 0 spiro atoms. The molecular formula is C14H13BrClFN2O. The van der Waals surface area contributed by atoms with Crippen LogP contribution < -0.4 is 0 Å². The molecule has 0 saturated carbocycles. The number of carbonyl (C=O) groups is 1. The van der Waals surface area contributed by atoms with Gasteiger partial charge in [-0.15, -0.1) is 0 Å². The third-order valence-corrected chi connectivity index (χ3v) is 4.30. The molecule has 0 fully saturated rings. The summed E-state index contributed by atoms with van der Waals surface area (Å²) < 4.78 is 16.2. The van der Waals surface area contributed by atoms with Crippen molar-refractivity contribution in [1.29, 1.82) is 0 Å². The van der Waals surface area contributed by atoms with Crippen LogP contribution in [0.1, 0.15) is 28.7 Å². The van der Waals surface area contributed by atoms with Gasteiger partial charge in [-0.3, -0.25) is 9.48 Å². The molecule has 0 radical (unpaired) electrons. The highest BCUT2D eigenvalue weighted by molar-refractivity contribution is 9.10. The molecule has 0 aliphatic carbocycles. The molecule has 0 saturated heterocycles. The molecule has 2 aromatic rings. The number of nitrogens with zero attached hydrogens (tertiary/aromatic N) is 2. The van der Waals surface area contributed by atoms with E-state index >= 15 is 0 Å². The third kappa shape index (κ3) is 2.79. The summed E-state index contributed by atoms with van der Waals surface area (Å²) in [6.07, 6.45) is 0.799. The van der Waals surface area contributed by atoms with Crippen molar-refractivity contribution in [3.8, 4) is 0 Å². The Morgan fingerprint density at radius 2 is 2.20 bits per heavy atom. The average Bonchev–Trinajstić information content (AvgIpc) is 2.66. The molecule has 0 N–H and O–H groups in total. The number of hydrogen-bond acceptors (Lipinski definition) is 2. The summed E-state index contributed by atoms with van der Waals surface area (Å²) in [6.45, 7) is 1.98. The molecule has 1 aromatic heterocycles. The molecule has 0 aliphatic heterocycles. The first kappa shape index (κ1) is 15.2. The molecule has 2 rings (SSSR count). The lowest BCUT2D eigenvalue weighted by Crippen LogP contribution is -2.10. The number of rotatable bonds is 4. The standard InChI is InChI=1S/C14H13BrClFN2O/c1-3-10-14(15)11(19(2)18-10)7-12(20)13-8(16)5-4-6-9(13)17/h4-6H,3,7H2,1-2H3. The summed E-state index contributed by atoms with van der Waals surface area (Å²) in [4.78, 5) is 12.3. The predicted molar refractivity (Wildman–Crippen MR) is 79.7 cm³/mol. The van der Waals surface area contributed by atoms with E-state index in [1.807, 2.05) is 6.92 Å². The summed E-state index contributed by atoms with van der Waals surface area (Å²) in [6, 6.07) is 4.21. The minimum atomic E-state index is -0.600. The van der Waals surface area contributed by atoms with Crippen LogP contribution in [0.25, 0.3) is 0 Å². The van der Waals surface area contributed by atoms with Crippen LogP contribution in [0.3, 0.4) is 0 Å². The summed E-state index contributed by atoms with van der Waals surface area (Å²) in [5, 5.41) is 4.44. The Morgan fingerprint density at radius 3 is 2.75 bits per heavy atom. The third-order valence-electron chi connectivity index (χ3n) is 3.07. The first-order valence-corrected chi connectivity index (χ1v) is 7.30. The average molecular weight is 360 g/mol. The molecule has 1 aromatic carbocycles. The lowest BCUT2D eigenvalue weighted by molar-refractivity contribution is 0.0987. The second-order valence-corrected chi connectivity index (χ2v) is 5.58. The van der Waals surface area contributed by atoms with E-state index in [2.05, 4.69) is 21.0 Å². The summed E-state index contributed by atoms with van der Waals surface area (Å²) in [7, 11) is 1.76. The number of carbonyl (C=O) groups excluding carboxylic acids is 1. The van der Waals surface area contributed by atoms with Crippen LogP contribution in [0.2, 0.25) is 5.02 Å². The first-order valence-electron chi connectivity index (χ1n) is 6.13. The normalized spacial score (nSPS) is 10.8. The Bertz CT molecular complexity index is 649. The molecule has 3 nitrogen and oxygen atoms in total. The van der Waals surface area contributed by atoms with Crippen molar-refractivity contribution in [3.05, 3.63) is 50.5 Å². The molecule has 0 amide bonds. The predicted octanol–water partition coefficient (Wildman–Crippen LogP) is 3.96. The van der Waals surface area contributed by atoms with Gasteiger partial charge in [0, 0.05) is 7.05 Å². The highest BCUT2D eigenvalue weighted by Gasteiger charge is 2.20. The Labute approximate surface area is 129 Å². The second-order valence-electron chi connectivity index (χ2n) is 4.38. The van der Waals surface area contributed by atoms with Gasteiger partial charge in [-0.1, -0.05) is 24.6 Å². The van der Waals surface area contributed by atoms with E-state index in [1.54, 1.807) is 11.7 Å². The smallest absolute Gasteiger partial charge is 0.173 e. The van der Waals surface area contributed by atoms with Crippen molar-refractivity contribution in [2.75, 3.05) is 0 Å². The van der Waals surface area contributed by atoms with Crippen molar-refractivity contribution in [2.45, 2.75) is 19.8 Å². The van der Waals surface area contributed by atoms with Crippen LogP contribution in [-0.2, 0) is 19.9 Å². The SMILES string of the molecule is CCc1nn(C)c(CC(=O)c2c(F)cccc2Cl)c1Br. The lowest BCUT2D eigenvalue weighted by atomic mass is 10.1. The van der Waals surface area contributed by atoms with Gasteiger partial charge in [-0.2, -0.15) is 5.10 Å². The number of halogens is 3. The summed E-state index contributed by atoms with van der Waals surface area (Å²) in [5.41, 5.74) is 1.52. The second kappa shape index (κ2) is 6.06. The Hall–Kier alpha value is -1.20. The van der Waals surface area contributed by atoms with Crippen LogP contribution >= 0.6 is 27.5 Å². The van der Waals surface area contributed by atoms with E-state index in [1.165, 1.54) is 18.2 Å². The van der Waals surface area contributed by atoms with Crippen LogP contribution in [-0.4, -0.2) is 15.6 Å². The number of aryl methyl sites for hydroxylation is 2. The van der Waals surface area contributed by atoms with Crippen LogP contribution in [0.5, 0.6) is 0 Å². The Morgan fingerprint density at radius 1 is 1.50 bits per heavy atom. The van der Waals surface area contributed by atoms with Crippen molar-refractivity contribution in [1.82, 2.24) is 9.78 Å². The maximum Gasteiger partial charge on any atom is 0.173 e. The minimum absolute atomic E-state index is 0.0464. The zero-order chi connectivity index (χ0) is 14.9. The number of aromatic nitrogens is 2. The number of benzene rings is 1. The van der Waals surface area contributed by atoms with Crippen LogP contribution in [0, 0.1) is 5.82 Å². The fraction of sp³-hybridized carbons (Fsp3) is 0.286. The summed E-state index contributed by atoms with van der Waals surface area (Å²) >= 11 is 9.35. The molecule has 0 unspecified atom stereocenters. The highest BCUT2D eigenvalue weighted by atomic mass is 79.9. The van der Waals surface area contributed by atoms with Gasteiger partial charge < -0.3 is 0 Å². The maximum absolute atomic E-state index is 13.7. The van der Waals surface area contributed by atoms with Gasteiger partial charge in [0.05, 0.1) is 32.9 Å². The van der Waals surface area contributed by atoms with E-state index in [4.69, 9.17) is 11.6 Å². The molecule has 106 valence electrons. The number of ketones is 1. The molecule has 6 heteroatoms. The fourth-order valence-electron chi connectivity index (χ4n) is 2.02. The van der Waals surface area contributed by atoms with E-state index < -0.39 is 5.82 Å². The summed E-state index contributed by atoms with van der Waals surface area (Å²) in [5.74, 6) is -0.962. The van der Waals surface area contributed by atoms with Gasteiger partial charge >= 0.3 is 0 Å². The first-order chi connectivity index (χ1) is 9.45. The van der Waals surface area contributed by atoms with Gasteiger partial charge in [0.1, 0.15) is 5.82 Å². The zero-order valence-corrected chi connectivity index (χ0v) is 13.4.